The molecule has 1 saturated heterocycles. The topological polar surface area (TPSA) is 69.6 Å². The monoisotopic (exact) mass is 234 g/mol. The zero-order valence-corrected chi connectivity index (χ0v) is 9.54. The summed E-state index contributed by atoms with van der Waals surface area (Å²) in [6.45, 7) is 1.26. The van der Waals surface area contributed by atoms with E-state index in [1.165, 1.54) is 4.31 Å². The Hall–Kier alpha value is -0.170. The molecule has 88 valence electrons. The van der Waals surface area contributed by atoms with Crippen molar-refractivity contribution in [2.75, 3.05) is 13.1 Å². The van der Waals surface area contributed by atoms with Gasteiger partial charge >= 0.3 is 0 Å². The van der Waals surface area contributed by atoms with Gasteiger partial charge in [-0.15, -0.1) is 0 Å². The summed E-state index contributed by atoms with van der Waals surface area (Å²) in [7, 11) is -3.29. The number of aliphatic hydroxyl groups excluding tert-OH is 1. The minimum absolute atomic E-state index is 0.0630. The van der Waals surface area contributed by atoms with Gasteiger partial charge in [0, 0.05) is 19.1 Å². The predicted molar refractivity (Wildman–Crippen MR) is 56.5 cm³/mol. The molecule has 0 radical (unpaired) electrons. The molecule has 0 aromatic rings. The largest absolute Gasteiger partial charge is 0.393 e. The molecule has 0 unspecified atom stereocenters. The van der Waals surface area contributed by atoms with E-state index >= 15 is 0 Å². The van der Waals surface area contributed by atoms with E-state index < -0.39 is 10.2 Å². The second-order valence-corrected chi connectivity index (χ2v) is 6.11. The number of rotatable bonds is 3. The molecule has 2 N–H and O–H groups in total. The van der Waals surface area contributed by atoms with E-state index in [1.54, 1.807) is 0 Å². The second-order valence-electron chi connectivity index (χ2n) is 4.40. The molecule has 0 amide bonds. The molecule has 0 atom stereocenters. The third kappa shape index (κ3) is 2.69. The van der Waals surface area contributed by atoms with Crippen molar-refractivity contribution in [3.8, 4) is 0 Å². The van der Waals surface area contributed by atoms with Crippen LogP contribution in [-0.4, -0.2) is 43.1 Å². The lowest BCUT2D eigenvalue weighted by Crippen LogP contribution is -2.52. The summed E-state index contributed by atoms with van der Waals surface area (Å²) in [5.74, 6) is 0. The van der Waals surface area contributed by atoms with Gasteiger partial charge < -0.3 is 5.11 Å². The van der Waals surface area contributed by atoms with Gasteiger partial charge in [-0.1, -0.05) is 6.42 Å². The average molecular weight is 234 g/mol. The minimum atomic E-state index is -3.29. The zero-order valence-electron chi connectivity index (χ0n) is 8.72. The lowest BCUT2D eigenvalue weighted by Gasteiger charge is -2.34. The van der Waals surface area contributed by atoms with Crippen molar-refractivity contribution >= 4 is 10.2 Å². The predicted octanol–water partition coefficient (Wildman–Crippen LogP) is -0.170. The molecule has 5 nitrogen and oxygen atoms in total. The molecular formula is C9H18N2O3S. The van der Waals surface area contributed by atoms with Crippen molar-refractivity contribution in [2.24, 2.45) is 0 Å². The number of aliphatic hydroxyl groups is 1. The van der Waals surface area contributed by atoms with Crippen molar-refractivity contribution < 1.29 is 13.5 Å². The molecule has 1 aliphatic heterocycles. The van der Waals surface area contributed by atoms with Gasteiger partial charge in [-0.05, 0) is 25.7 Å². The fraction of sp³-hybridized carbons (Fsp3) is 1.00. The Bertz CT molecular complexity index is 305. The van der Waals surface area contributed by atoms with Gasteiger partial charge in [-0.25, -0.2) is 0 Å². The van der Waals surface area contributed by atoms with Gasteiger partial charge in [0.15, 0.2) is 0 Å². The van der Waals surface area contributed by atoms with Crippen LogP contribution in [0.3, 0.4) is 0 Å². The van der Waals surface area contributed by atoms with Crippen LogP contribution in [0.1, 0.15) is 32.1 Å². The van der Waals surface area contributed by atoms with Crippen LogP contribution >= 0.6 is 0 Å². The van der Waals surface area contributed by atoms with Gasteiger partial charge in [-0.3, -0.25) is 0 Å². The molecule has 0 aromatic carbocycles. The van der Waals surface area contributed by atoms with Crippen LogP contribution in [0.2, 0.25) is 0 Å². The van der Waals surface area contributed by atoms with E-state index in [1.807, 2.05) is 0 Å². The lowest BCUT2D eigenvalue weighted by atomic mass is 9.91. The van der Waals surface area contributed by atoms with E-state index in [-0.39, 0.29) is 12.1 Å². The molecule has 2 rings (SSSR count). The Morgan fingerprint density at radius 2 is 1.73 bits per heavy atom. The first-order valence-electron chi connectivity index (χ1n) is 5.53. The molecule has 1 heterocycles. The third-order valence-electron chi connectivity index (χ3n) is 3.08. The van der Waals surface area contributed by atoms with E-state index in [4.69, 9.17) is 5.11 Å². The highest BCUT2D eigenvalue weighted by molar-refractivity contribution is 7.87. The first-order chi connectivity index (χ1) is 7.08. The second kappa shape index (κ2) is 4.37. The summed E-state index contributed by atoms with van der Waals surface area (Å²) in [4.78, 5) is 0. The fourth-order valence-corrected chi connectivity index (χ4v) is 3.58. The smallest absolute Gasteiger partial charge is 0.279 e. The maximum absolute atomic E-state index is 11.8. The Morgan fingerprint density at radius 1 is 1.13 bits per heavy atom. The Morgan fingerprint density at radius 3 is 2.27 bits per heavy atom. The number of nitrogens with zero attached hydrogens (tertiary/aromatic N) is 1. The molecule has 1 aliphatic carbocycles. The van der Waals surface area contributed by atoms with Crippen LogP contribution in [0.15, 0.2) is 0 Å². The first kappa shape index (κ1) is 11.3. The van der Waals surface area contributed by atoms with Crippen LogP contribution < -0.4 is 4.72 Å². The van der Waals surface area contributed by atoms with Gasteiger partial charge in [0.2, 0.25) is 0 Å². The number of hydrogen-bond acceptors (Lipinski definition) is 3. The molecule has 2 aliphatic rings. The van der Waals surface area contributed by atoms with E-state index in [2.05, 4.69) is 4.72 Å². The first-order valence-corrected chi connectivity index (χ1v) is 6.97. The van der Waals surface area contributed by atoms with E-state index in [0.717, 1.165) is 19.3 Å². The highest BCUT2D eigenvalue weighted by Gasteiger charge is 2.33. The number of piperidine rings is 1. The summed E-state index contributed by atoms with van der Waals surface area (Å²) in [5, 5.41) is 9.08. The molecule has 0 bridgehead atoms. The normalized spacial score (nSPS) is 33.7. The van der Waals surface area contributed by atoms with Crippen LogP contribution in [-0.2, 0) is 10.2 Å². The van der Waals surface area contributed by atoms with Crippen molar-refractivity contribution in [1.82, 2.24) is 9.03 Å². The summed E-state index contributed by atoms with van der Waals surface area (Å²) in [6, 6.07) is -0.0630. The van der Waals surface area contributed by atoms with Gasteiger partial charge in [0.05, 0.1) is 6.10 Å². The quantitative estimate of drug-likeness (QED) is 0.712. The molecule has 6 heteroatoms. The fourth-order valence-electron chi connectivity index (χ4n) is 2.07. The molecular weight excluding hydrogens is 216 g/mol. The van der Waals surface area contributed by atoms with Gasteiger partial charge in [0.25, 0.3) is 10.2 Å². The molecule has 1 saturated carbocycles. The summed E-state index contributed by atoms with van der Waals surface area (Å²) < 4.78 is 27.8. The van der Waals surface area contributed by atoms with Crippen LogP contribution in [0.25, 0.3) is 0 Å². The van der Waals surface area contributed by atoms with Gasteiger partial charge in [0.1, 0.15) is 0 Å². The highest BCUT2D eigenvalue weighted by atomic mass is 32.2. The third-order valence-corrected chi connectivity index (χ3v) is 4.76. The Balaban J connectivity index is 1.88. The molecule has 0 aromatic heterocycles. The molecule has 2 fully saturated rings. The Kier molecular flexibility index (Phi) is 3.30. The van der Waals surface area contributed by atoms with Crippen LogP contribution in [0.5, 0.6) is 0 Å². The molecule has 0 spiro atoms. The number of nitrogens with one attached hydrogen (secondary N) is 1. The van der Waals surface area contributed by atoms with Crippen molar-refractivity contribution in [3.63, 3.8) is 0 Å². The Labute approximate surface area is 90.6 Å². The van der Waals surface area contributed by atoms with E-state index in [9.17, 15) is 8.42 Å². The van der Waals surface area contributed by atoms with Crippen molar-refractivity contribution in [1.29, 1.82) is 0 Å². The van der Waals surface area contributed by atoms with Crippen LogP contribution in [0, 0.1) is 0 Å². The van der Waals surface area contributed by atoms with Crippen LogP contribution in [0.4, 0.5) is 0 Å². The maximum Gasteiger partial charge on any atom is 0.279 e. The molecule has 15 heavy (non-hydrogen) atoms. The standard InChI is InChI=1S/C9H18N2O3S/c12-9-6-8(7-9)10-15(13,14)11-4-2-1-3-5-11/h8-10,12H,1-7H2. The average Bonchev–Trinajstić information content (AvgIpc) is 2.17. The minimum Gasteiger partial charge on any atom is -0.393 e. The van der Waals surface area contributed by atoms with E-state index in [0.29, 0.717) is 25.9 Å². The SMILES string of the molecule is O=S(=O)(NC1CC(O)C1)N1CCCCC1. The maximum atomic E-state index is 11.8. The zero-order chi connectivity index (χ0) is 10.9. The van der Waals surface area contributed by atoms with Gasteiger partial charge in [-0.2, -0.15) is 17.4 Å². The number of hydrogen-bond donors (Lipinski definition) is 2. The summed E-state index contributed by atoms with van der Waals surface area (Å²) in [5.41, 5.74) is 0. The highest BCUT2D eigenvalue weighted by Crippen LogP contribution is 2.21. The van der Waals surface area contributed by atoms with Crippen molar-refractivity contribution in [3.05, 3.63) is 0 Å². The van der Waals surface area contributed by atoms with Crippen molar-refractivity contribution in [2.45, 2.75) is 44.2 Å². The summed E-state index contributed by atoms with van der Waals surface area (Å²) >= 11 is 0. The lowest BCUT2D eigenvalue weighted by molar-refractivity contribution is 0.0704. The summed E-state index contributed by atoms with van der Waals surface area (Å²) in [6.07, 6.45) is 3.80.